The number of rotatable bonds is 6. The van der Waals surface area contributed by atoms with Gasteiger partial charge in [0.15, 0.2) is 0 Å². The van der Waals surface area contributed by atoms with Gasteiger partial charge >= 0.3 is 0 Å². The van der Waals surface area contributed by atoms with Crippen LogP contribution in [0, 0.1) is 5.92 Å². The van der Waals surface area contributed by atoms with Gasteiger partial charge in [0.1, 0.15) is 5.75 Å². The van der Waals surface area contributed by atoms with Crippen LogP contribution >= 0.6 is 11.6 Å². The Labute approximate surface area is 177 Å². The minimum Gasteiger partial charge on any atom is -0.491 e. The van der Waals surface area contributed by atoms with E-state index in [0.717, 1.165) is 24.2 Å². The van der Waals surface area contributed by atoms with Crippen LogP contribution in [-0.4, -0.2) is 35.9 Å². The van der Waals surface area contributed by atoms with E-state index in [4.69, 9.17) is 16.3 Å². The van der Waals surface area contributed by atoms with Crippen molar-refractivity contribution in [2.45, 2.75) is 39.3 Å². The molecule has 0 saturated carbocycles. The molecule has 1 atom stereocenters. The smallest absolute Gasteiger partial charge is 0.255 e. The first-order valence-electron chi connectivity index (χ1n) is 10.0. The van der Waals surface area contributed by atoms with Crippen molar-refractivity contribution in [3.63, 3.8) is 0 Å². The van der Waals surface area contributed by atoms with Gasteiger partial charge in [-0.2, -0.15) is 0 Å². The third-order valence-corrected chi connectivity index (χ3v) is 5.28. The fourth-order valence-electron chi connectivity index (χ4n) is 3.47. The van der Waals surface area contributed by atoms with Crippen molar-refractivity contribution in [2.75, 3.05) is 13.1 Å². The van der Waals surface area contributed by atoms with Crippen LogP contribution in [0.2, 0.25) is 5.02 Å². The topological polar surface area (TPSA) is 58.6 Å². The summed E-state index contributed by atoms with van der Waals surface area (Å²) in [7, 11) is 0. The molecule has 2 aromatic carbocycles. The number of nitrogens with zero attached hydrogens (tertiary/aromatic N) is 1. The Morgan fingerprint density at radius 1 is 1.17 bits per heavy atom. The molecule has 0 unspecified atom stereocenters. The largest absolute Gasteiger partial charge is 0.491 e. The molecule has 154 valence electrons. The zero-order valence-electron chi connectivity index (χ0n) is 16.9. The van der Waals surface area contributed by atoms with Gasteiger partial charge in [-0.3, -0.25) is 9.59 Å². The lowest BCUT2D eigenvalue weighted by Gasteiger charge is -2.32. The quantitative estimate of drug-likeness (QED) is 0.766. The molecule has 6 heteroatoms. The molecule has 0 radical (unpaired) electrons. The van der Waals surface area contributed by atoms with Crippen LogP contribution in [0.5, 0.6) is 5.75 Å². The Bertz CT molecular complexity index is 851. The highest BCUT2D eigenvalue weighted by atomic mass is 35.5. The van der Waals surface area contributed by atoms with Crippen molar-refractivity contribution in [3.05, 3.63) is 64.7 Å². The molecular weight excluding hydrogens is 388 g/mol. The number of likely N-dealkylation sites (tertiary alicyclic amines) is 1. The number of carbonyl (C=O) groups is 2. The number of halogens is 1. The fraction of sp³-hybridized carbons (Fsp3) is 0.391. The summed E-state index contributed by atoms with van der Waals surface area (Å²) >= 11 is 6.16. The Kier molecular flexibility index (Phi) is 7.15. The number of benzene rings is 2. The molecule has 1 fully saturated rings. The SMILES string of the molecule is CC(C)Oc1ccc(CNC(=O)[C@@H]2CCCN(C(=O)c3ccccc3Cl)C2)cc1. The van der Waals surface area contributed by atoms with E-state index in [1.54, 1.807) is 29.2 Å². The Hall–Kier alpha value is -2.53. The number of ether oxygens (including phenoxy) is 1. The van der Waals surface area contributed by atoms with Gasteiger partial charge in [0.25, 0.3) is 5.91 Å². The summed E-state index contributed by atoms with van der Waals surface area (Å²) < 4.78 is 5.63. The lowest BCUT2D eigenvalue weighted by atomic mass is 9.96. The van der Waals surface area contributed by atoms with Crippen LogP contribution in [0.15, 0.2) is 48.5 Å². The normalized spacial score (nSPS) is 16.6. The third-order valence-electron chi connectivity index (χ3n) is 4.95. The maximum atomic E-state index is 12.8. The van der Waals surface area contributed by atoms with E-state index in [1.807, 2.05) is 38.1 Å². The highest BCUT2D eigenvalue weighted by Crippen LogP contribution is 2.22. The predicted molar refractivity (Wildman–Crippen MR) is 114 cm³/mol. The summed E-state index contributed by atoms with van der Waals surface area (Å²) in [6, 6.07) is 14.7. The number of amides is 2. The molecule has 0 aromatic heterocycles. The zero-order valence-corrected chi connectivity index (χ0v) is 17.6. The Morgan fingerprint density at radius 2 is 1.90 bits per heavy atom. The zero-order chi connectivity index (χ0) is 20.8. The number of piperidine rings is 1. The molecular formula is C23H27ClN2O3. The van der Waals surface area contributed by atoms with Crippen LogP contribution in [0.3, 0.4) is 0 Å². The monoisotopic (exact) mass is 414 g/mol. The van der Waals surface area contributed by atoms with E-state index < -0.39 is 0 Å². The number of carbonyl (C=O) groups excluding carboxylic acids is 2. The third kappa shape index (κ3) is 5.73. The first kappa shape index (κ1) is 21.2. The molecule has 1 N–H and O–H groups in total. The molecule has 2 amide bonds. The Balaban J connectivity index is 1.54. The van der Waals surface area contributed by atoms with Crippen LogP contribution in [0.25, 0.3) is 0 Å². The van der Waals surface area contributed by atoms with Crippen molar-refractivity contribution in [1.82, 2.24) is 10.2 Å². The first-order valence-corrected chi connectivity index (χ1v) is 10.4. The van der Waals surface area contributed by atoms with E-state index in [1.165, 1.54) is 0 Å². The van der Waals surface area contributed by atoms with Crippen molar-refractivity contribution >= 4 is 23.4 Å². The molecule has 1 aliphatic heterocycles. The molecule has 29 heavy (non-hydrogen) atoms. The van der Waals surface area contributed by atoms with E-state index in [2.05, 4.69) is 5.32 Å². The van der Waals surface area contributed by atoms with Gasteiger partial charge < -0.3 is 15.0 Å². The molecule has 0 aliphatic carbocycles. The second-order valence-electron chi connectivity index (χ2n) is 7.60. The lowest BCUT2D eigenvalue weighted by Crippen LogP contribution is -2.45. The highest BCUT2D eigenvalue weighted by Gasteiger charge is 2.29. The molecule has 3 rings (SSSR count). The maximum Gasteiger partial charge on any atom is 0.255 e. The molecule has 1 aliphatic rings. The van der Waals surface area contributed by atoms with Crippen molar-refractivity contribution < 1.29 is 14.3 Å². The number of nitrogens with one attached hydrogen (secondary N) is 1. The molecule has 1 saturated heterocycles. The van der Waals surface area contributed by atoms with Gasteiger partial charge in [0, 0.05) is 19.6 Å². The minimum absolute atomic E-state index is 0.0239. The summed E-state index contributed by atoms with van der Waals surface area (Å²) in [6.07, 6.45) is 1.71. The summed E-state index contributed by atoms with van der Waals surface area (Å²) in [5.41, 5.74) is 1.49. The molecule has 5 nitrogen and oxygen atoms in total. The van der Waals surface area contributed by atoms with Gasteiger partial charge in [-0.05, 0) is 56.5 Å². The number of hydrogen-bond donors (Lipinski definition) is 1. The first-order chi connectivity index (χ1) is 13.9. The fourth-order valence-corrected chi connectivity index (χ4v) is 3.69. The molecule has 1 heterocycles. The van der Waals surface area contributed by atoms with Gasteiger partial charge in [0.2, 0.25) is 5.91 Å². The lowest BCUT2D eigenvalue weighted by molar-refractivity contribution is -0.126. The molecule has 0 bridgehead atoms. The Morgan fingerprint density at radius 3 is 2.59 bits per heavy atom. The van der Waals surface area contributed by atoms with Crippen LogP contribution < -0.4 is 10.1 Å². The van der Waals surface area contributed by atoms with Gasteiger partial charge in [-0.15, -0.1) is 0 Å². The maximum absolute atomic E-state index is 12.8. The van der Waals surface area contributed by atoms with E-state index in [0.29, 0.717) is 30.2 Å². The van der Waals surface area contributed by atoms with Gasteiger partial charge in [-0.1, -0.05) is 35.9 Å². The van der Waals surface area contributed by atoms with Crippen LogP contribution in [0.4, 0.5) is 0 Å². The molecule has 0 spiro atoms. The average Bonchev–Trinajstić information content (AvgIpc) is 2.72. The van der Waals surface area contributed by atoms with Crippen LogP contribution in [-0.2, 0) is 11.3 Å². The second kappa shape index (κ2) is 9.79. The van der Waals surface area contributed by atoms with Crippen LogP contribution in [0.1, 0.15) is 42.6 Å². The average molecular weight is 415 g/mol. The van der Waals surface area contributed by atoms with Crippen molar-refractivity contribution in [1.29, 1.82) is 0 Å². The van der Waals surface area contributed by atoms with Crippen molar-refractivity contribution in [2.24, 2.45) is 5.92 Å². The van der Waals surface area contributed by atoms with E-state index in [9.17, 15) is 9.59 Å². The van der Waals surface area contributed by atoms with Crippen molar-refractivity contribution in [3.8, 4) is 5.75 Å². The van der Waals surface area contributed by atoms with E-state index in [-0.39, 0.29) is 23.8 Å². The summed E-state index contributed by atoms with van der Waals surface area (Å²) in [6.45, 7) is 5.48. The second-order valence-corrected chi connectivity index (χ2v) is 8.01. The highest BCUT2D eigenvalue weighted by molar-refractivity contribution is 6.33. The summed E-state index contributed by atoms with van der Waals surface area (Å²) in [4.78, 5) is 27.2. The predicted octanol–water partition coefficient (Wildman–Crippen LogP) is 4.30. The van der Waals surface area contributed by atoms with E-state index >= 15 is 0 Å². The summed E-state index contributed by atoms with van der Waals surface area (Å²) in [5, 5.41) is 3.43. The minimum atomic E-state index is -0.210. The summed E-state index contributed by atoms with van der Waals surface area (Å²) in [5.74, 6) is 0.466. The standard InChI is InChI=1S/C23H27ClN2O3/c1-16(2)29-19-11-9-17(10-12-19)14-25-22(27)18-6-5-13-26(15-18)23(28)20-7-3-4-8-21(20)24/h3-4,7-12,16,18H,5-6,13-15H2,1-2H3,(H,25,27)/t18-/m1/s1. The number of hydrogen-bond acceptors (Lipinski definition) is 3. The van der Waals surface area contributed by atoms with Gasteiger partial charge in [-0.25, -0.2) is 0 Å². The van der Waals surface area contributed by atoms with Gasteiger partial charge in [0.05, 0.1) is 22.6 Å². The molecule has 2 aromatic rings.